The van der Waals surface area contributed by atoms with Crippen molar-refractivity contribution in [3.05, 3.63) is 48.0 Å². The van der Waals surface area contributed by atoms with Crippen LogP contribution >= 0.6 is 0 Å². The molecule has 0 fully saturated rings. The van der Waals surface area contributed by atoms with Gasteiger partial charge < -0.3 is 24.8 Å². The highest BCUT2D eigenvalue weighted by Gasteiger charge is 2.08. The van der Waals surface area contributed by atoms with Crippen molar-refractivity contribution in [3.63, 3.8) is 0 Å². The van der Waals surface area contributed by atoms with E-state index in [0.717, 1.165) is 11.4 Å². The SMILES string of the molecule is CN=C(NCCOc1ccccc1C(C)C)Nc1ccc(OC)c(OC)c1. The van der Waals surface area contributed by atoms with Gasteiger partial charge in [-0.3, -0.25) is 4.99 Å². The summed E-state index contributed by atoms with van der Waals surface area (Å²) in [5.74, 6) is 3.35. The van der Waals surface area contributed by atoms with Gasteiger partial charge in [-0.25, -0.2) is 0 Å². The lowest BCUT2D eigenvalue weighted by Gasteiger charge is -2.16. The molecule has 6 nitrogen and oxygen atoms in total. The van der Waals surface area contributed by atoms with E-state index in [2.05, 4.69) is 35.5 Å². The second-order valence-electron chi connectivity index (χ2n) is 6.23. The monoisotopic (exact) mass is 371 g/mol. The molecule has 0 heterocycles. The van der Waals surface area contributed by atoms with Gasteiger partial charge in [0.05, 0.1) is 20.8 Å². The molecule has 2 rings (SSSR count). The maximum absolute atomic E-state index is 5.93. The summed E-state index contributed by atoms with van der Waals surface area (Å²) in [6.07, 6.45) is 0. The zero-order chi connectivity index (χ0) is 19.6. The van der Waals surface area contributed by atoms with Crippen LogP contribution in [0.25, 0.3) is 0 Å². The highest BCUT2D eigenvalue weighted by Crippen LogP contribution is 2.29. The fourth-order valence-electron chi connectivity index (χ4n) is 2.65. The number of nitrogens with zero attached hydrogens (tertiary/aromatic N) is 1. The van der Waals surface area contributed by atoms with Crippen molar-refractivity contribution in [2.45, 2.75) is 19.8 Å². The minimum absolute atomic E-state index is 0.425. The minimum Gasteiger partial charge on any atom is -0.493 e. The van der Waals surface area contributed by atoms with Gasteiger partial charge in [0.1, 0.15) is 12.4 Å². The topological polar surface area (TPSA) is 64.1 Å². The molecule has 0 saturated carbocycles. The van der Waals surface area contributed by atoms with Crippen LogP contribution in [0, 0.1) is 0 Å². The molecule has 27 heavy (non-hydrogen) atoms. The third-order valence-electron chi connectivity index (χ3n) is 4.06. The summed E-state index contributed by atoms with van der Waals surface area (Å²) in [6.45, 7) is 5.49. The van der Waals surface area contributed by atoms with Gasteiger partial charge in [-0.1, -0.05) is 32.0 Å². The third-order valence-corrected chi connectivity index (χ3v) is 4.06. The largest absolute Gasteiger partial charge is 0.493 e. The van der Waals surface area contributed by atoms with Gasteiger partial charge in [-0.15, -0.1) is 0 Å². The molecule has 0 aliphatic heterocycles. The summed E-state index contributed by atoms with van der Waals surface area (Å²) in [4.78, 5) is 4.24. The molecule has 146 valence electrons. The van der Waals surface area contributed by atoms with Crippen molar-refractivity contribution in [2.24, 2.45) is 4.99 Å². The van der Waals surface area contributed by atoms with Crippen LogP contribution in [-0.4, -0.2) is 40.4 Å². The molecular weight excluding hydrogens is 342 g/mol. The summed E-state index contributed by atoms with van der Waals surface area (Å²) < 4.78 is 16.5. The molecule has 0 aliphatic rings. The fourth-order valence-corrected chi connectivity index (χ4v) is 2.65. The van der Waals surface area contributed by atoms with E-state index in [4.69, 9.17) is 14.2 Å². The summed E-state index contributed by atoms with van der Waals surface area (Å²) in [7, 11) is 4.95. The van der Waals surface area contributed by atoms with Gasteiger partial charge in [0.25, 0.3) is 0 Å². The first kappa shape index (κ1) is 20.4. The second kappa shape index (κ2) is 10.3. The number of rotatable bonds is 8. The second-order valence-corrected chi connectivity index (χ2v) is 6.23. The Morgan fingerprint density at radius 2 is 1.74 bits per heavy atom. The van der Waals surface area contributed by atoms with Crippen LogP contribution in [-0.2, 0) is 0 Å². The average Bonchev–Trinajstić information content (AvgIpc) is 2.70. The minimum atomic E-state index is 0.425. The summed E-state index contributed by atoms with van der Waals surface area (Å²) in [5.41, 5.74) is 2.07. The van der Waals surface area contributed by atoms with Gasteiger partial charge in [-0.2, -0.15) is 0 Å². The smallest absolute Gasteiger partial charge is 0.195 e. The van der Waals surface area contributed by atoms with Crippen LogP contribution < -0.4 is 24.8 Å². The normalized spacial score (nSPS) is 11.3. The molecule has 0 radical (unpaired) electrons. The molecule has 0 unspecified atom stereocenters. The molecule has 0 bridgehead atoms. The molecule has 2 N–H and O–H groups in total. The molecule has 0 aliphatic carbocycles. The van der Waals surface area contributed by atoms with Crippen LogP contribution in [0.3, 0.4) is 0 Å². The number of methoxy groups -OCH3 is 2. The van der Waals surface area contributed by atoms with Crippen LogP contribution in [0.4, 0.5) is 5.69 Å². The Hall–Kier alpha value is -2.89. The molecule has 2 aromatic rings. The number of hydrogen-bond donors (Lipinski definition) is 2. The lowest BCUT2D eigenvalue weighted by Crippen LogP contribution is -2.33. The van der Waals surface area contributed by atoms with Gasteiger partial charge in [0, 0.05) is 18.8 Å². The molecule has 0 aromatic heterocycles. The van der Waals surface area contributed by atoms with E-state index in [1.54, 1.807) is 21.3 Å². The highest BCUT2D eigenvalue weighted by molar-refractivity contribution is 5.93. The molecule has 0 atom stereocenters. The van der Waals surface area contributed by atoms with E-state index in [0.29, 0.717) is 36.5 Å². The average molecular weight is 371 g/mol. The van der Waals surface area contributed by atoms with Crippen LogP contribution in [0.1, 0.15) is 25.3 Å². The molecule has 2 aromatic carbocycles. The Bertz CT molecular complexity index is 760. The van der Waals surface area contributed by atoms with Gasteiger partial charge in [-0.05, 0) is 29.7 Å². The van der Waals surface area contributed by atoms with E-state index in [9.17, 15) is 0 Å². The standard InChI is InChI=1S/C21H29N3O3/c1-15(2)17-8-6-7-9-18(17)27-13-12-23-21(22-3)24-16-10-11-19(25-4)20(14-16)26-5/h6-11,14-15H,12-13H2,1-5H3,(H2,22,23,24). The van der Waals surface area contributed by atoms with Gasteiger partial charge >= 0.3 is 0 Å². The highest BCUT2D eigenvalue weighted by atomic mass is 16.5. The number of guanidine groups is 1. The Kier molecular flexibility index (Phi) is 7.79. The van der Waals surface area contributed by atoms with Crippen molar-refractivity contribution in [3.8, 4) is 17.2 Å². The maximum atomic E-state index is 5.93. The van der Waals surface area contributed by atoms with E-state index in [-0.39, 0.29) is 0 Å². The van der Waals surface area contributed by atoms with Crippen molar-refractivity contribution < 1.29 is 14.2 Å². The summed E-state index contributed by atoms with van der Waals surface area (Å²) in [5, 5.41) is 6.48. The molecule has 0 amide bonds. The van der Waals surface area contributed by atoms with E-state index in [1.807, 2.05) is 36.4 Å². The Morgan fingerprint density at radius 3 is 2.41 bits per heavy atom. The van der Waals surface area contributed by atoms with Crippen molar-refractivity contribution in [1.82, 2.24) is 5.32 Å². The maximum Gasteiger partial charge on any atom is 0.195 e. The quantitative estimate of drug-likeness (QED) is 0.419. The first-order valence-corrected chi connectivity index (χ1v) is 9.00. The molecule has 0 saturated heterocycles. The Labute approximate surface area is 161 Å². The number of ether oxygens (including phenoxy) is 3. The van der Waals surface area contributed by atoms with Crippen LogP contribution in [0.15, 0.2) is 47.5 Å². The zero-order valence-electron chi connectivity index (χ0n) is 16.7. The number of nitrogens with one attached hydrogen (secondary N) is 2. The van der Waals surface area contributed by atoms with Gasteiger partial charge in [0.2, 0.25) is 0 Å². The molecule has 6 heteroatoms. The predicted molar refractivity (Wildman–Crippen MR) is 111 cm³/mol. The number of benzene rings is 2. The summed E-state index contributed by atoms with van der Waals surface area (Å²) >= 11 is 0. The summed E-state index contributed by atoms with van der Waals surface area (Å²) in [6, 6.07) is 13.8. The van der Waals surface area contributed by atoms with Crippen LogP contribution in [0.2, 0.25) is 0 Å². The van der Waals surface area contributed by atoms with E-state index < -0.39 is 0 Å². The van der Waals surface area contributed by atoms with E-state index >= 15 is 0 Å². The predicted octanol–water partition coefficient (Wildman–Crippen LogP) is 3.89. The molecule has 0 spiro atoms. The number of aliphatic imine (C=N–C) groups is 1. The van der Waals surface area contributed by atoms with Crippen molar-refractivity contribution in [2.75, 3.05) is 39.7 Å². The third kappa shape index (κ3) is 5.81. The lowest BCUT2D eigenvalue weighted by atomic mass is 10.0. The van der Waals surface area contributed by atoms with Crippen LogP contribution in [0.5, 0.6) is 17.2 Å². The lowest BCUT2D eigenvalue weighted by molar-refractivity contribution is 0.318. The molecular formula is C21H29N3O3. The first-order valence-electron chi connectivity index (χ1n) is 9.00. The first-order chi connectivity index (χ1) is 13.1. The van der Waals surface area contributed by atoms with E-state index in [1.165, 1.54) is 5.56 Å². The Balaban J connectivity index is 1.88. The Morgan fingerprint density at radius 1 is 1.00 bits per heavy atom. The van der Waals surface area contributed by atoms with Crippen molar-refractivity contribution >= 4 is 11.6 Å². The fraction of sp³-hybridized carbons (Fsp3) is 0.381. The zero-order valence-corrected chi connectivity index (χ0v) is 16.7. The van der Waals surface area contributed by atoms with Gasteiger partial charge in [0.15, 0.2) is 17.5 Å². The number of para-hydroxylation sites is 1. The number of anilines is 1. The number of hydrogen-bond acceptors (Lipinski definition) is 4. The van der Waals surface area contributed by atoms with Crippen molar-refractivity contribution in [1.29, 1.82) is 0 Å².